The molecule has 0 aliphatic carbocycles. The van der Waals surface area contributed by atoms with Gasteiger partial charge in [-0.05, 0) is 38.2 Å². The molecule has 0 saturated heterocycles. The van der Waals surface area contributed by atoms with Gasteiger partial charge in [0.2, 0.25) is 0 Å². The zero-order chi connectivity index (χ0) is 14.4. The summed E-state index contributed by atoms with van der Waals surface area (Å²) in [6, 6.07) is 6.98. The Morgan fingerprint density at radius 2 is 2.10 bits per heavy atom. The van der Waals surface area contributed by atoms with Crippen LogP contribution >= 0.6 is 11.8 Å². The highest BCUT2D eigenvalue weighted by molar-refractivity contribution is 7.99. The first-order valence-corrected chi connectivity index (χ1v) is 7.77. The number of halogens is 1. The number of thioether (sulfide) groups is 1. The van der Waals surface area contributed by atoms with Crippen LogP contribution in [-0.2, 0) is 13.0 Å². The van der Waals surface area contributed by atoms with Crippen molar-refractivity contribution in [3.05, 3.63) is 48.3 Å². The van der Waals surface area contributed by atoms with Crippen molar-refractivity contribution in [2.24, 2.45) is 0 Å². The molecule has 1 aromatic heterocycles. The minimum atomic E-state index is -0.190. The standard InChI is InChI=1S/C15H20FN3S/c1-3-19-9-8-18-15(19)10-13(17-2)11-20-14-6-4-12(16)5-7-14/h4-9,13,17H,3,10-11H2,1-2H3. The molecule has 0 bridgehead atoms. The lowest BCUT2D eigenvalue weighted by atomic mass is 10.2. The zero-order valence-electron chi connectivity index (χ0n) is 11.8. The van der Waals surface area contributed by atoms with Gasteiger partial charge in [-0.15, -0.1) is 11.8 Å². The highest BCUT2D eigenvalue weighted by Gasteiger charge is 2.11. The van der Waals surface area contributed by atoms with Gasteiger partial charge in [-0.25, -0.2) is 9.37 Å². The lowest BCUT2D eigenvalue weighted by molar-refractivity contribution is 0.573. The summed E-state index contributed by atoms with van der Waals surface area (Å²) < 4.78 is 15.0. The van der Waals surface area contributed by atoms with Crippen LogP contribution in [0.5, 0.6) is 0 Å². The van der Waals surface area contributed by atoms with E-state index in [0.717, 1.165) is 29.4 Å². The number of imidazole rings is 1. The van der Waals surface area contributed by atoms with Crippen molar-refractivity contribution in [2.45, 2.75) is 30.8 Å². The summed E-state index contributed by atoms with van der Waals surface area (Å²) in [7, 11) is 1.97. The van der Waals surface area contributed by atoms with Gasteiger partial charge in [-0.1, -0.05) is 0 Å². The third-order valence-corrected chi connectivity index (χ3v) is 4.42. The minimum Gasteiger partial charge on any atom is -0.335 e. The minimum absolute atomic E-state index is 0.190. The summed E-state index contributed by atoms with van der Waals surface area (Å²) >= 11 is 1.73. The molecule has 2 aromatic rings. The van der Waals surface area contributed by atoms with E-state index in [-0.39, 0.29) is 5.82 Å². The average Bonchev–Trinajstić information content (AvgIpc) is 2.92. The monoisotopic (exact) mass is 293 g/mol. The van der Waals surface area contributed by atoms with E-state index in [1.807, 2.05) is 31.6 Å². The maximum absolute atomic E-state index is 12.9. The van der Waals surface area contributed by atoms with Gasteiger partial charge < -0.3 is 9.88 Å². The molecular weight excluding hydrogens is 273 g/mol. The predicted molar refractivity (Wildman–Crippen MR) is 81.6 cm³/mol. The summed E-state index contributed by atoms with van der Waals surface area (Å²) in [5.74, 6) is 1.84. The van der Waals surface area contributed by atoms with E-state index < -0.39 is 0 Å². The maximum Gasteiger partial charge on any atom is 0.123 e. The van der Waals surface area contributed by atoms with Crippen molar-refractivity contribution in [1.29, 1.82) is 0 Å². The molecule has 1 unspecified atom stereocenters. The fraction of sp³-hybridized carbons (Fsp3) is 0.400. The maximum atomic E-state index is 12.9. The first kappa shape index (κ1) is 15.1. The van der Waals surface area contributed by atoms with Gasteiger partial charge in [0.1, 0.15) is 11.6 Å². The Morgan fingerprint density at radius 1 is 1.35 bits per heavy atom. The molecule has 0 amide bonds. The molecule has 1 heterocycles. The molecule has 0 spiro atoms. The normalized spacial score (nSPS) is 12.6. The molecular formula is C15H20FN3S. The van der Waals surface area contributed by atoms with Gasteiger partial charge in [0, 0.05) is 42.0 Å². The van der Waals surface area contributed by atoms with Gasteiger partial charge in [0.15, 0.2) is 0 Å². The molecule has 20 heavy (non-hydrogen) atoms. The van der Waals surface area contributed by atoms with Gasteiger partial charge in [0.05, 0.1) is 0 Å². The van der Waals surface area contributed by atoms with Crippen molar-refractivity contribution in [2.75, 3.05) is 12.8 Å². The molecule has 1 N–H and O–H groups in total. The number of likely N-dealkylation sites (N-methyl/N-ethyl adjacent to an activating group) is 1. The quantitative estimate of drug-likeness (QED) is 0.796. The highest BCUT2D eigenvalue weighted by Crippen LogP contribution is 2.19. The lowest BCUT2D eigenvalue weighted by Crippen LogP contribution is -2.31. The van der Waals surface area contributed by atoms with E-state index in [0.29, 0.717) is 6.04 Å². The molecule has 1 atom stereocenters. The van der Waals surface area contributed by atoms with Crippen LogP contribution in [0, 0.1) is 5.82 Å². The first-order valence-electron chi connectivity index (χ1n) is 6.78. The van der Waals surface area contributed by atoms with Crippen molar-refractivity contribution >= 4 is 11.8 Å². The smallest absolute Gasteiger partial charge is 0.123 e. The number of rotatable bonds is 7. The van der Waals surface area contributed by atoms with E-state index in [1.54, 1.807) is 11.8 Å². The van der Waals surface area contributed by atoms with Gasteiger partial charge in [-0.2, -0.15) is 0 Å². The Hall–Kier alpha value is -1.33. The molecule has 1 aromatic carbocycles. The number of nitrogens with zero attached hydrogens (tertiary/aromatic N) is 2. The fourth-order valence-corrected chi connectivity index (χ4v) is 3.02. The van der Waals surface area contributed by atoms with Crippen LogP contribution in [0.1, 0.15) is 12.7 Å². The van der Waals surface area contributed by atoms with Crippen LogP contribution < -0.4 is 5.32 Å². The Kier molecular flexibility index (Phi) is 5.61. The van der Waals surface area contributed by atoms with E-state index >= 15 is 0 Å². The van der Waals surface area contributed by atoms with Crippen LogP contribution in [0.3, 0.4) is 0 Å². The summed E-state index contributed by atoms with van der Waals surface area (Å²) in [4.78, 5) is 5.49. The molecule has 0 radical (unpaired) electrons. The van der Waals surface area contributed by atoms with Crippen molar-refractivity contribution in [3.8, 4) is 0 Å². The number of benzene rings is 1. The summed E-state index contributed by atoms with van der Waals surface area (Å²) in [5.41, 5.74) is 0. The molecule has 0 aliphatic heterocycles. The van der Waals surface area contributed by atoms with E-state index in [4.69, 9.17) is 0 Å². The Labute approximate surface area is 123 Å². The largest absolute Gasteiger partial charge is 0.335 e. The Bertz CT molecular complexity index is 524. The predicted octanol–water partition coefficient (Wildman–Crippen LogP) is 2.96. The van der Waals surface area contributed by atoms with Crippen LogP contribution in [0.4, 0.5) is 4.39 Å². The van der Waals surface area contributed by atoms with Crippen molar-refractivity contribution in [3.63, 3.8) is 0 Å². The van der Waals surface area contributed by atoms with Crippen LogP contribution in [-0.4, -0.2) is 28.4 Å². The average molecular weight is 293 g/mol. The highest BCUT2D eigenvalue weighted by atomic mass is 32.2. The van der Waals surface area contributed by atoms with Gasteiger partial charge in [0.25, 0.3) is 0 Å². The Morgan fingerprint density at radius 3 is 2.75 bits per heavy atom. The van der Waals surface area contributed by atoms with Gasteiger partial charge >= 0.3 is 0 Å². The number of nitrogens with one attached hydrogen (secondary N) is 1. The molecule has 3 nitrogen and oxygen atoms in total. The third kappa shape index (κ3) is 4.08. The second-order valence-corrected chi connectivity index (χ2v) is 5.68. The number of aromatic nitrogens is 2. The van der Waals surface area contributed by atoms with Crippen LogP contribution in [0.15, 0.2) is 41.6 Å². The first-order chi connectivity index (χ1) is 9.72. The summed E-state index contributed by atoms with van der Waals surface area (Å²) in [6.07, 6.45) is 4.75. The fourth-order valence-electron chi connectivity index (χ4n) is 2.01. The number of hydrogen-bond acceptors (Lipinski definition) is 3. The van der Waals surface area contributed by atoms with Crippen LogP contribution in [0.25, 0.3) is 0 Å². The number of hydrogen-bond donors (Lipinski definition) is 1. The van der Waals surface area contributed by atoms with Crippen molar-refractivity contribution in [1.82, 2.24) is 14.9 Å². The third-order valence-electron chi connectivity index (χ3n) is 3.24. The SMILES string of the molecule is CCn1ccnc1CC(CSc1ccc(F)cc1)NC. The van der Waals surface area contributed by atoms with Crippen molar-refractivity contribution < 1.29 is 4.39 Å². The van der Waals surface area contributed by atoms with E-state index in [2.05, 4.69) is 21.8 Å². The second kappa shape index (κ2) is 7.45. The molecule has 0 aliphatic rings. The van der Waals surface area contributed by atoms with Gasteiger partial charge in [-0.3, -0.25) is 0 Å². The molecule has 0 fully saturated rings. The molecule has 108 valence electrons. The summed E-state index contributed by atoms with van der Waals surface area (Å²) in [6.45, 7) is 3.06. The van der Waals surface area contributed by atoms with Crippen LogP contribution in [0.2, 0.25) is 0 Å². The summed E-state index contributed by atoms with van der Waals surface area (Å²) in [5, 5.41) is 3.33. The zero-order valence-corrected chi connectivity index (χ0v) is 12.7. The van der Waals surface area contributed by atoms with E-state index in [9.17, 15) is 4.39 Å². The molecule has 2 rings (SSSR count). The Balaban J connectivity index is 1.90. The van der Waals surface area contributed by atoms with E-state index in [1.165, 1.54) is 12.1 Å². The topological polar surface area (TPSA) is 29.9 Å². The number of aryl methyl sites for hydroxylation is 1. The second-order valence-electron chi connectivity index (χ2n) is 4.58. The lowest BCUT2D eigenvalue weighted by Gasteiger charge is -2.16. The molecule has 0 saturated carbocycles. The molecule has 5 heteroatoms.